The average molecular weight is 212 g/mol. The van der Waals surface area contributed by atoms with Crippen LogP contribution in [0.25, 0.3) is 0 Å². The molecule has 1 aromatic carbocycles. The Labute approximate surface area is 100.0 Å². The van der Waals surface area contributed by atoms with E-state index in [-0.39, 0.29) is 35.7 Å². The van der Waals surface area contributed by atoms with E-state index in [4.69, 9.17) is 0 Å². The van der Waals surface area contributed by atoms with E-state index in [0.29, 0.717) is 5.56 Å². The van der Waals surface area contributed by atoms with Crippen LogP contribution in [-0.4, -0.2) is 42.5 Å². The molecule has 0 bridgehead atoms. The topological polar surface area (TPSA) is 93.7 Å². The van der Waals surface area contributed by atoms with E-state index in [1.807, 2.05) is 0 Å². The first-order chi connectivity index (χ1) is 5.08. The number of hydrogen-bond acceptors (Lipinski definition) is 3. The molecule has 0 aliphatic rings. The van der Waals surface area contributed by atoms with E-state index < -0.39 is 15.9 Å². The molecule has 6 heteroatoms. The zero-order chi connectivity index (χ0) is 8.32. The number of hydrogen-bond donors (Lipinski definition) is 1. The number of quaternary nitrogens is 1. The first-order valence-electron chi connectivity index (χ1n) is 3.05. The summed E-state index contributed by atoms with van der Waals surface area (Å²) >= 11 is 0. The molecular weight excluding hydrogens is 201 g/mol. The summed E-state index contributed by atoms with van der Waals surface area (Å²) in [6, 6.07) is 8.37. The Balaban J connectivity index is 0. The molecule has 0 amide bonds. The molecule has 0 saturated heterocycles. The summed E-state index contributed by atoms with van der Waals surface area (Å²) in [4.78, 5) is 0. The summed E-state index contributed by atoms with van der Waals surface area (Å²) < 4.78 is 30.7. The summed E-state index contributed by atoms with van der Waals surface area (Å²) in [5.41, 5.74) is 0.530. The minimum absolute atomic E-state index is 0. The van der Waals surface area contributed by atoms with Crippen molar-refractivity contribution in [3.63, 3.8) is 0 Å². The molecule has 0 unspecified atom stereocenters. The molecular formula is C7H11NNaO3S. The van der Waals surface area contributed by atoms with Crippen molar-refractivity contribution < 1.29 is 13.0 Å². The molecule has 0 atom stereocenters. The van der Waals surface area contributed by atoms with E-state index in [1.54, 1.807) is 30.3 Å². The van der Waals surface area contributed by atoms with Gasteiger partial charge in [-0.25, -0.2) is 8.42 Å². The van der Waals surface area contributed by atoms with Crippen LogP contribution >= 0.6 is 0 Å². The normalized spacial score (nSPS) is 9.62. The third kappa shape index (κ3) is 7.18. The maximum absolute atomic E-state index is 10.2. The molecule has 0 aromatic heterocycles. The molecule has 13 heavy (non-hydrogen) atoms. The maximum Gasteiger partial charge on any atom is 0.0988 e. The maximum atomic E-state index is 10.2. The second-order valence-electron chi connectivity index (χ2n) is 2.19. The second-order valence-corrected chi connectivity index (χ2v) is 3.59. The minimum Gasteiger partial charge on any atom is -0.748 e. The van der Waals surface area contributed by atoms with Crippen molar-refractivity contribution >= 4 is 39.7 Å². The average Bonchev–Trinajstić information content (AvgIpc) is 1.85. The molecule has 0 heterocycles. The van der Waals surface area contributed by atoms with Gasteiger partial charge in [-0.3, -0.25) is 0 Å². The minimum atomic E-state index is -4.13. The standard InChI is InChI=1S/C7H8O3S.H3N.Na/c8-11(9,10)6-7-4-2-1-3-5-7;;/h1-5H,6H2,(H,8,9,10);1H3;. The summed E-state index contributed by atoms with van der Waals surface area (Å²) in [5, 5.41) is 0. The van der Waals surface area contributed by atoms with Gasteiger partial charge in [-0.2, -0.15) is 0 Å². The smallest absolute Gasteiger partial charge is 0.0988 e. The molecule has 0 fully saturated rings. The second kappa shape index (κ2) is 6.53. The molecule has 1 radical (unpaired) electrons. The molecule has 0 saturated carbocycles. The third-order valence-electron chi connectivity index (χ3n) is 1.19. The largest absolute Gasteiger partial charge is 0.748 e. The van der Waals surface area contributed by atoms with Crippen molar-refractivity contribution in [3.8, 4) is 0 Å². The van der Waals surface area contributed by atoms with Gasteiger partial charge in [0.05, 0.1) is 15.9 Å². The van der Waals surface area contributed by atoms with Crippen molar-refractivity contribution in [2.75, 3.05) is 0 Å². The van der Waals surface area contributed by atoms with Gasteiger partial charge < -0.3 is 10.7 Å². The Morgan fingerprint density at radius 2 is 1.62 bits per heavy atom. The molecule has 0 aliphatic heterocycles. The third-order valence-corrected chi connectivity index (χ3v) is 1.87. The Kier molecular flexibility index (Phi) is 7.81. The number of benzene rings is 1. The van der Waals surface area contributed by atoms with Crippen molar-refractivity contribution in [2.24, 2.45) is 0 Å². The predicted octanol–water partition coefficient (Wildman–Crippen LogP) is 0.727. The predicted molar refractivity (Wildman–Crippen MR) is 51.6 cm³/mol. The quantitative estimate of drug-likeness (QED) is 0.578. The van der Waals surface area contributed by atoms with E-state index in [0.717, 1.165) is 0 Å². The van der Waals surface area contributed by atoms with Gasteiger partial charge >= 0.3 is 0 Å². The van der Waals surface area contributed by atoms with Crippen molar-refractivity contribution in [1.29, 1.82) is 0 Å². The molecule has 4 N–H and O–H groups in total. The van der Waals surface area contributed by atoms with Crippen LogP contribution in [0.2, 0.25) is 0 Å². The van der Waals surface area contributed by atoms with Gasteiger partial charge in [0.1, 0.15) is 0 Å². The van der Waals surface area contributed by atoms with Gasteiger partial charge in [-0.05, 0) is 5.56 Å². The van der Waals surface area contributed by atoms with Gasteiger partial charge in [-0.15, -0.1) is 0 Å². The van der Waals surface area contributed by atoms with Gasteiger partial charge in [0.15, 0.2) is 0 Å². The summed E-state index contributed by atoms with van der Waals surface area (Å²) in [7, 11) is -4.13. The zero-order valence-corrected chi connectivity index (χ0v) is 10.5. The van der Waals surface area contributed by atoms with Gasteiger partial charge in [-0.1, -0.05) is 30.3 Å². The fraction of sp³-hybridized carbons (Fsp3) is 0.143. The molecule has 0 spiro atoms. The first-order valence-corrected chi connectivity index (χ1v) is 4.63. The number of rotatable bonds is 2. The van der Waals surface area contributed by atoms with Crippen molar-refractivity contribution in [1.82, 2.24) is 6.15 Å². The van der Waals surface area contributed by atoms with Crippen LogP contribution in [0, 0.1) is 0 Å². The Morgan fingerprint density at radius 1 is 1.15 bits per heavy atom. The van der Waals surface area contributed by atoms with Crippen LogP contribution in [0.3, 0.4) is 0 Å². The van der Waals surface area contributed by atoms with E-state index in [2.05, 4.69) is 0 Å². The monoisotopic (exact) mass is 212 g/mol. The summed E-state index contributed by atoms with van der Waals surface area (Å²) in [6.45, 7) is 0. The van der Waals surface area contributed by atoms with Gasteiger partial charge in [0.2, 0.25) is 0 Å². The van der Waals surface area contributed by atoms with Crippen LogP contribution in [0.1, 0.15) is 5.56 Å². The van der Waals surface area contributed by atoms with Crippen LogP contribution in [0.4, 0.5) is 0 Å². The van der Waals surface area contributed by atoms with Gasteiger partial charge in [0, 0.05) is 29.6 Å². The van der Waals surface area contributed by atoms with Crippen molar-refractivity contribution in [3.05, 3.63) is 35.9 Å². The summed E-state index contributed by atoms with van der Waals surface area (Å²) in [5.74, 6) is -0.423. The molecule has 1 rings (SSSR count). The Morgan fingerprint density at radius 3 is 2.00 bits per heavy atom. The fourth-order valence-corrected chi connectivity index (χ4v) is 1.38. The molecule has 4 nitrogen and oxygen atoms in total. The van der Waals surface area contributed by atoms with Crippen LogP contribution < -0.4 is 6.15 Å². The van der Waals surface area contributed by atoms with E-state index >= 15 is 0 Å². The zero-order valence-electron chi connectivity index (χ0n) is 7.73. The summed E-state index contributed by atoms with van der Waals surface area (Å²) in [6.07, 6.45) is 0. The molecule has 0 aliphatic carbocycles. The van der Waals surface area contributed by atoms with E-state index in [9.17, 15) is 13.0 Å². The van der Waals surface area contributed by atoms with E-state index in [1.165, 1.54) is 0 Å². The first kappa shape index (κ1) is 15.6. The Bertz CT molecular complexity index is 325. The van der Waals surface area contributed by atoms with Gasteiger partial charge in [0.25, 0.3) is 0 Å². The van der Waals surface area contributed by atoms with Crippen LogP contribution in [-0.2, 0) is 15.9 Å². The fourth-order valence-electron chi connectivity index (χ4n) is 0.778. The SMILES string of the molecule is O=S(=O)([O-])Cc1ccccc1.[NH4+].[Na]. The molecule has 69 valence electrons. The Hall–Kier alpha value is 0.0900. The van der Waals surface area contributed by atoms with Crippen LogP contribution in [0.5, 0.6) is 0 Å². The van der Waals surface area contributed by atoms with Crippen molar-refractivity contribution in [2.45, 2.75) is 5.75 Å². The molecule has 1 aromatic rings. The van der Waals surface area contributed by atoms with Crippen LogP contribution in [0.15, 0.2) is 30.3 Å².